The zero-order valence-electron chi connectivity index (χ0n) is 17.7. The van der Waals surface area contributed by atoms with E-state index in [1.54, 1.807) is 6.20 Å². The van der Waals surface area contributed by atoms with Gasteiger partial charge >= 0.3 is 12.3 Å². The maximum atomic E-state index is 13.1. The third-order valence-electron chi connectivity index (χ3n) is 4.82. The first-order valence-corrected chi connectivity index (χ1v) is 10.1. The molecule has 176 valence electrons. The van der Waals surface area contributed by atoms with Gasteiger partial charge in [0.05, 0.1) is 46.8 Å². The summed E-state index contributed by atoms with van der Waals surface area (Å²) in [7, 11) is 1.26. The number of nitrogens with zero attached hydrogens (tertiary/aromatic N) is 4. The number of hydrogen-bond acceptors (Lipinski definition) is 8. The molecule has 34 heavy (non-hydrogen) atoms. The van der Waals surface area contributed by atoms with Gasteiger partial charge in [0.25, 0.3) is 11.8 Å². The highest BCUT2D eigenvalue weighted by Gasteiger charge is 2.32. The van der Waals surface area contributed by atoms with Gasteiger partial charge in [-0.3, -0.25) is 10.1 Å². The molecule has 10 nitrogen and oxygen atoms in total. The van der Waals surface area contributed by atoms with E-state index < -0.39 is 23.7 Å². The van der Waals surface area contributed by atoms with Crippen molar-refractivity contribution in [2.45, 2.75) is 24.9 Å². The van der Waals surface area contributed by atoms with Crippen molar-refractivity contribution in [2.24, 2.45) is 0 Å². The highest BCUT2D eigenvalue weighted by Crippen LogP contribution is 2.40. The smallest absolute Gasteiger partial charge is 0.387 e. The highest BCUT2D eigenvalue weighted by atomic mass is 19.4. The first-order chi connectivity index (χ1) is 16.2. The number of amides is 2. The molecule has 4 rings (SSSR count). The largest absolute Gasteiger partial charge is 0.418 e. The van der Waals surface area contributed by atoms with Crippen LogP contribution in [0.15, 0.2) is 43.1 Å². The molecule has 2 aromatic heterocycles. The quantitative estimate of drug-likeness (QED) is 0.492. The molecule has 1 saturated carbocycles. The van der Waals surface area contributed by atoms with Gasteiger partial charge in [0, 0.05) is 13.0 Å². The number of halogens is 3. The number of alkyl halides is 3. The summed E-state index contributed by atoms with van der Waals surface area (Å²) < 4.78 is 44.5. The van der Waals surface area contributed by atoms with Crippen LogP contribution < -0.4 is 20.7 Å². The third-order valence-corrected chi connectivity index (χ3v) is 4.82. The topological polar surface area (TPSA) is 131 Å². The summed E-state index contributed by atoms with van der Waals surface area (Å²) in [4.78, 5) is 41.1. The second-order valence-corrected chi connectivity index (χ2v) is 7.33. The summed E-state index contributed by atoms with van der Waals surface area (Å²) in [5.74, 6) is -0.655. The average molecular weight is 473 g/mol. The molecule has 1 aliphatic rings. The van der Waals surface area contributed by atoms with E-state index in [-0.39, 0.29) is 28.9 Å². The average Bonchev–Trinajstić information content (AvgIpc) is 3.65. The predicted molar refractivity (Wildman–Crippen MR) is 114 cm³/mol. The van der Waals surface area contributed by atoms with Gasteiger partial charge in [-0.2, -0.15) is 13.2 Å². The van der Waals surface area contributed by atoms with Crippen LogP contribution in [0.3, 0.4) is 0 Å². The van der Waals surface area contributed by atoms with E-state index in [9.17, 15) is 22.8 Å². The van der Waals surface area contributed by atoms with Gasteiger partial charge in [0.1, 0.15) is 6.33 Å². The molecule has 1 aromatic carbocycles. The fourth-order valence-electron chi connectivity index (χ4n) is 2.99. The zero-order chi connectivity index (χ0) is 24.3. The van der Waals surface area contributed by atoms with Crippen molar-refractivity contribution in [3.63, 3.8) is 0 Å². The Hall–Kier alpha value is -4.29. The summed E-state index contributed by atoms with van der Waals surface area (Å²) in [5, 5.41) is 7.44. The molecule has 1 fully saturated rings. The van der Waals surface area contributed by atoms with E-state index in [0.717, 1.165) is 25.0 Å². The normalized spacial score (nSPS) is 13.2. The van der Waals surface area contributed by atoms with Crippen molar-refractivity contribution in [1.82, 2.24) is 25.3 Å². The number of ether oxygens (including phenoxy) is 1. The van der Waals surface area contributed by atoms with Crippen LogP contribution in [-0.2, 0) is 6.18 Å². The first-order valence-electron chi connectivity index (χ1n) is 10.1. The molecule has 1 aliphatic carbocycles. The fourth-order valence-corrected chi connectivity index (χ4v) is 2.99. The van der Waals surface area contributed by atoms with Gasteiger partial charge in [0.15, 0.2) is 5.82 Å². The minimum absolute atomic E-state index is 0.105. The Bertz CT molecular complexity index is 1220. The van der Waals surface area contributed by atoms with Gasteiger partial charge in [-0.05, 0) is 31.0 Å². The van der Waals surface area contributed by atoms with E-state index in [0.29, 0.717) is 17.4 Å². The van der Waals surface area contributed by atoms with Crippen molar-refractivity contribution in [3.05, 3.63) is 59.9 Å². The Morgan fingerprint density at radius 1 is 1.12 bits per heavy atom. The SMILES string of the molecule is CNC(=O)c1cc(C(F)(F)F)ccc1NC(=O)Oc1nc(C2CC2)cnc1Nc1cncnc1. The number of hydrogen-bond donors (Lipinski definition) is 3. The second kappa shape index (κ2) is 9.29. The number of carbonyl (C=O) groups excluding carboxylic acids is 2. The molecule has 2 heterocycles. The summed E-state index contributed by atoms with van der Waals surface area (Å²) in [6.45, 7) is 0. The molecule has 2 amide bonds. The molecule has 0 aliphatic heterocycles. The van der Waals surface area contributed by atoms with Crippen molar-refractivity contribution in [1.29, 1.82) is 0 Å². The number of nitrogens with one attached hydrogen (secondary N) is 3. The summed E-state index contributed by atoms with van der Waals surface area (Å²) in [6, 6.07) is 2.36. The standard InChI is InChI=1S/C21H18F3N7O3/c1-25-18(32)14-6-12(21(22,23)24)4-5-15(14)31-20(33)34-19-17(29-13-7-26-10-27-8-13)28-9-16(30-19)11-2-3-11/h4-11H,2-3H2,1H3,(H,25,32)(H,28,29)(H,31,33). The second-order valence-electron chi connectivity index (χ2n) is 7.33. The Balaban J connectivity index is 1.59. The molecule has 0 radical (unpaired) electrons. The first kappa shape index (κ1) is 22.9. The lowest BCUT2D eigenvalue weighted by Crippen LogP contribution is -2.24. The molecular formula is C21H18F3N7O3. The highest BCUT2D eigenvalue weighted by molar-refractivity contribution is 6.03. The van der Waals surface area contributed by atoms with Crippen LogP contribution in [-0.4, -0.2) is 39.0 Å². The van der Waals surface area contributed by atoms with E-state index >= 15 is 0 Å². The molecule has 0 unspecified atom stereocenters. The van der Waals surface area contributed by atoms with E-state index in [4.69, 9.17) is 4.74 Å². The molecule has 0 spiro atoms. The van der Waals surface area contributed by atoms with Crippen LogP contribution in [0.25, 0.3) is 0 Å². The lowest BCUT2D eigenvalue weighted by molar-refractivity contribution is -0.137. The van der Waals surface area contributed by atoms with Gasteiger partial charge in [-0.15, -0.1) is 0 Å². The lowest BCUT2D eigenvalue weighted by Gasteiger charge is -2.15. The van der Waals surface area contributed by atoms with Crippen LogP contribution >= 0.6 is 0 Å². The van der Waals surface area contributed by atoms with Crippen molar-refractivity contribution < 1.29 is 27.5 Å². The molecular weight excluding hydrogens is 455 g/mol. The molecule has 0 saturated heterocycles. The van der Waals surface area contributed by atoms with Crippen LogP contribution in [0.4, 0.5) is 35.2 Å². The van der Waals surface area contributed by atoms with Crippen molar-refractivity contribution in [2.75, 3.05) is 17.7 Å². The third kappa shape index (κ3) is 5.36. The monoisotopic (exact) mass is 473 g/mol. The van der Waals surface area contributed by atoms with Crippen molar-refractivity contribution >= 4 is 29.2 Å². The molecule has 3 N–H and O–H groups in total. The predicted octanol–water partition coefficient (Wildman–Crippen LogP) is 3.88. The summed E-state index contributed by atoms with van der Waals surface area (Å²) in [5.41, 5.74) is -0.491. The minimum atomic E-state index is -4.66. The number of rotatable bonds is 6. The molecule has 0 bridgehead atoms. The Morgan fingerprint density at radius 3 is 2.50 bits per heavy atom. The van der Waals surface area contributed by atoms with Crippen LogP contribution in [0.1, 0.15) is 40.4 Å². The van der Waals surface area contributed by atoms with Crippen LogP contribution in [0.5, 0.6) is 5.88 Å². The number of carbonyl (C=O) groups is 2. The van der Waals surface area contributed by atoms with Gasteiger partial charge in [0.2, 0.25) is 0 Å². The van der Waals surface area contributed by atoms with E-state index in [2.05, 4.69) is 35.9 Å². The number of anilines is 3. The van der Waals surface area contributed by atoms with Crippen molar-refractivity contribution in [3.8, 4) is 5.88 Å². The molecule has 13 heteroatoms. The fraction of sp³-hybridized carbons (Fsp3) is 0.238. The van der Waals surface area contributed by atoms with Crippen LogP contribution in [0, 0.1) is 0 Å². The summed E-state index contributed by atoms with van der Waals surface area (Å²) in [6.07, 6.45) is 1.99. The number of aromatic nitrogens is 4. The number of benzene rings is 1. The van der Waals surface area contributed by atoms with E-state index in [1.165, 1.54) is 25.8 Å². The zero-order valence-corrected chi connectivity index (χ0v) is 17.7. The Kier molecular flexibility index (Phi) is 6.25. The minimum Gasteiger partial charge on any atom is -0.387 e. The summed E-state index contributed by atoms with van der Waals surface area (Å²) >= 11 is 0. The Morgan fingerprint density at radius 2 is 1.85 bits per heavy atom. The maximum absolute atomic E-state index is 13.1. The molecule has 0 atom stereocenters. The van der Waals surface area contributed by atoms with Gasteiger partial charge in [-0.1, -0.05) is 0 Å². The Labute approximate surface area is 191 Å². The van der Waals surface area contributed by atoms with E-state index in [1.807, 2.05) is 0 Å². The van der Waals surface area contributed by atoms with Gasteiger partial charge < -0.3 is 15.4 Å². The maximum Gasteiger partial charge on any atom is 0.418 e. The lowest BCUT2D eigenvalue weighted by atomic mass is 10.1. The van der Waals surface area contributed by atoms with Gasteiger partial charge in [-0.25, -0.2) is 24.7 Å². The van der Waals surface area contributed by atoms with Crippen LogP contribution in [0.2, 0.25) is 0 Å². The molecule has 3 aromatic rings.